The van der Waals surface area contributed by atoms with Crippen LogP contribution in [0.2, 0.25) is 0 Å². The second-order valence-corrected chi connectivity index (χ2v) is 4.71. The lowest BCUT2D eigenvalue weighted by Crippen LogP contribution is -2.28. The zero-order valence-corrected chi connectivity index (χ0v) is 12.0. The first-order valence-electron chi connectivity index (χ1n) is 6.84. The van der Waals surface area contributed by atoms with E-state index in [0.29, 0.717) is 24.5 Å². The molecule has 1 amide bonds. The van der Waals surface area contributed by atoms with Crippen molar-refractivity contribution < 1.29 is 9.53 Å². The Morgan fingerprint density at radius 2 is 2.05 bits per heavy atom. The van der Waals surface area contributed by atoms with Crippen LogP contribution in [0.5, 0.6) is 5.75 Å². The molecule has 0 spiro atoms. The zero-order valence-electron chi connectivity index (χ0n) is 12.0. The van der Waals surface area contributed by atoms with Crippen LogP contribution in [-0.2, 0) is 4.79 Å². The fraction of sp³-hybridized carbons (Fsp3) is 0.250. The Morgan fingerprint density at radius 3 is 2.71 bits per heavy atom. The molecule has 0 aliphatic carbocycles. The molecule has 5 nitrogen and oxygen atoms in total. The molecule has 0 saturated heterocycles. The molecule has 1 aromatic carbocycles. The molecule has 1 unspecified atom stereocenters. The van der Waals surface area contributed by atoms with Gasteiger partial charge in [0.2, 0.25) is 5.91 Å². The van der Waals surface area contributed by atoms with Gasteiger partial charge in [0.15, 0.2) is 0 Å². The van der Waals surface area contributed by atoms with Gasteiger partial charge in [-0.15, -0.1) is 0 Å². The van der Waals surface area contributed by atoms with Gasteiger partial charge >= 0.3 is 0 Å². The van der Waals surface area contributed by atoms with Crippen molar-refractivity contribution in [3.63, 3.8) is 0 Å². The lowest BCUT2D eigenvalue weighted by Gasteiger charge is -2.13. The predicted molar refractivity (Wildman–Crippen MR) is 81.8 cm³/mol. The third-order valence-corrected chi connectivity index (χ3v) is 2.99. The van der Waals surface area contributed by atoms with Gasteiger partial charge in [0.1, 0.15) is 5.75 Å². The van der Waals surface area contributed by atoms with Crippen molar-refractivity contribution in [1.29, 1.82) is 0 Å². The molecule has 1 atom stereocenters. The summed E-state index contributed by atoms with van der Waals surface area (Å²) in [5, 5.41) is 2.89. The monoisotopic (exact) mass is 285 g/mol. The third-order valence-electron chi connectivity index (χ3n) is 2.99. The van der Waals surface area contributed by atoms with Gasteiger partial charge in [0.25, 0.3) is 0 Å². The summed E-state index contributed by atoms with van der Waals surface area (Å²) in [4.78, 5) is 16.0. The maximum atomic E-state index is 11.8. The average Bonchev–Trinajstić information content (AvgIpc) is 2.50. The van der Waals surface area contributed by atoms with E-state index in [1.807, 2.05) is 25.1 Å². The first kappa shape index (κ1) is 14.8. The lowest BCUT2D eigenvalue weighted by atomic mass is 10.2. The molecule has 3 N–H and O–H groups in total. The molecule has 1 heterocycles. The Balaban J connectivity index is 1.73. The number of pyridine rings is 1. The normalized spacial score (nSPS) is 11.7. The standard InChI is InChI=1S/C16H19N3O2/c1-12(15-4-2-3-10-18-15)19-16(20)9-11-21-14-7-5-13(17)6-8-14/h2-8,10,12H,9,11,17H2,1H3,(H,19,20). The minimum absolute atomic E-state index is 0.0661. The van der Waals surface area contributed by atoms with Crippen LogP contribution in [0.15, 0.2) is 48.7 Å². The minimum Gasteiger partial charge on any atom is -0.493 e. The molecule has 0 aliphatic rings. The number of anilines is 1. The van der Waals surface area contributed by atoms with Gasteiger partial charge in [0, 0.05) is 11.9 Å². The van der Waals surface area contributed by atoms with Crippen molar-refractivity contribution in [2.24, 2.45) is 0 Å². The summed E-state index contributed by atoms with van der Waals surface area (Å²) in [6.07, 6.45) is 2.00. The van der Waals surface area contributed by atoms with Gasteiger partial charge in [-0.05, 0) is 43.3 Å². The highest BCUT2D eigenvalue weighted by Gasteiger charge is 2.10. The number of hydrogen-bond acceptors (Lipinski definition) is 4. The molecular formula is C16H19N3O2. The largest absolute Gasteiger partial charge is 0.493 e. The van der Waals surface area contributed by atoms with Crippen molar-refractivity contribution in [3.8, 4) is 5.75 Å². The van der Waals surface area contributed by atoms with E-state index in [4.69, 9.17) is 10.5 Å². The van der Waals surface area contributed by atoms with Crippen LogP contribution < -0.4 is 15.8 Å². The third kappa shape index (κ3) is 4.80. The highest BCUT2D eigenvalue weighted by molar-refractivity contribution is 5.76. The molecule has 0 saturated carbocycles. The Hall–Kier alpha value is -2.56. The van der Waals surface area contributed by atoms with Crippen LogP contribution in [0.4, 0.5) is 5.69 Å². The molecule has 2 aromatic rings. The number of nitrogens with one attached hydrogen (secondary N) is 1. The van der Waals surface area contributed by atoms with Crippen LogP contribution in [0.3, 0.4) is 0 Å². The maximum absolute atomic E-state index is 11.8. The highest BCUT2D eigenvalue weighted by Crippen LogP contribution is 2.13. The first-order valence-corrected chi connectivity index (χ1v) is 6.84. The van der Waals surface area contributed by atoms with Crippen molar-refractivity contribution in [2.75, 3.05) is 12.3 Å². The molecule has 0 bridgehead atoms. The average molecular weight is 285 g/mol. The Labute approximate surface area is 124 Å². The number of nitrogens with zero attached hydrogens (tertiary/aromatic N) is 1. The summed E-state index contributed by atoms with van der Waals surface area (Å²) < 4.78 is 5.49. The fourth-order valence-corrected chi connectivity index (χ4v) is 1.85. The van der Waals surface area contributed by atoms with Crippen molar-refractivity contribution in [1.82, 2.24) is 10.3 Å². The summed E-state index contributed by atoms with van der Waals surface area (Å²) in [5.41, 5.74) is 7.11. The van der Waals surface area contributed by atoms with Crippen LogP contribution in [-0.4, -0.2) is 17.5 Å². The van der Waals surface area contributed by atoms with E-state index in [-0.39, 0.29) is 11.9 Å². The Kier molecular flexibility index (Phi) is 5.15. The van der Waals surface area contributed by atoms with Gasteiger partial charge in [-0.3, -0.25) is 9.78 Å². The van der Waals surface area contributed by atoms with E-state index in [0.717, 1.165) is 5.69 Å². The fourth-order valence-electron chi connectivity index (χ4n) is 1.85. The van der Waals surface area contributed by atoms with E-state index in [1.54, 1.807) is 30.5 Å². The molecule has 110 valence electrons. The van der Waals surface area contributed by atoms with Gasteiger partial charge in [-0.25, -0.2) is 0 Å². The molecule has 5 heteroatoms. The first-order chi connectivity index (χ1) is 10.1. The molecule has 0 aliphatic heterocycles. The van der Waals surface area contributed by atoms with Gasteiger partial charge < -0.3 is 15.8 Å². The zero-order chi connectivity index (χ0) is 15.1. The predicted octanol–water partition coefficient (Wildman–Crippen LogP) is 2.31. The van der Waals surface area contributed by atoms with Crippen molar-refractivity contribution in [2.45, 2.75) is 19.4 Å². The van der Waals surface area contributed by atoms with E-state index in [9.17, 15) is 4.79 Å². The number of hydrogen-bond donors (Lipinski definition) is 2. The van der Waals surface area contributed by atoms with Crippen LogP contribution in [0, 0.1) is 0 Å². The number of amides is 1. The number of carbonyl (C=O) groups is 1. The second kappa shape index (κ2) is 7.28. The molecule has 1 aromatic heterocycles. The lowest BCUT2D eigenvalue weighted by molar-refractivity contribution is -0.122. The molecule has 2 rings (SSSR count). The van der Waals surface area contributed by atoms with Gasteiger partial charge in [0.05, 0.1) is 24.8 Å². The number of nitrogens with two attached hydrogens (primary N) is 1. The van der Waals surface area contributed by atoms with E-state index < -0.39 is 0 Å². The second-order valence-electron chi connectivity index (χ2n) is 4.71. The number of carbonyl (C=O) groups excluding carboxylic acids is 1. The Morgan fingerprint density at radius 1 is 1.29 bits per heavy atom. The maximum Gasteiger partial charge on any atom is 0.223 e. The number of rotatable bonds is 6. The number of aromatic nitrogens is 1. The summed E-state index contributed by atoms with van der Waals surface area (Å²) in [5.74, 6) is 0.637. The number of ether oxygens (including phenoxy) is 1. The SMILES string of the molecule is CC(NC(=O)CCOc1ccc(N)cc1)c1ccccn1. The number of nitrogen functional groups attached to an aromatic ring is 1. The van der Waals surface area contributed by atoms with Crippen molar-refractivity contribution >= 4 is 11.6 Å². The summed E-state index contributed by atoms with van der Waals surface area (Å²) in [7, 11) is 0. The quantitative estimate of drug-likeness (QED) is 0.798. The van der Waals surface area contributed by atoms with Crippen LogP contribution in [0.1, 0.15) is 25.1 Å². The van der Waals surface area contributed by atoms with Gasteiger partial charge in [-0.1, -0.05) is 6.07 Å². The molecule has 0 radical (unpaired) electrons. The smallest absolute Gasteiger partial charge is 0.223 e. The van der Waals surface area contributed by atoms with Crippen LogP contribution >= 0.6 is 0 Å². The summed E-state index contributed by atoms with van der Waals surface area (Å²) in [6, 6.07) is 12.6. The topological polar surface area (TPSA) is 77.2 Å². The van der Waals surface area contributed by atoms with Crippen molar-refractivity contribution in [3.05, 3.63) is 54.4 Å². The molecule has 0 fully saturated rings. The summed E-state index contributed by atoms with van der Waals surface area (Å²) >= 11 is 0. The molecule has 21 heavy (non-hydrogen) atoms. The van der Waals surface area contributed by atoms with E-state index >= 15 is 0 Å². The summed E-state index contributed by atoms with van der Waals surface area (Å²) in [6.45, 7) is 2.23. The number of benzene rings is 1. The molecular weight excluding hydrogens is 266 g/mol. The van der Waals surface area contributed by atoms with E-state index in [1.165, 1.54) is 0 Å². The van der Waals surface area contributed by atoms with Gasteiger partial charge in [-0.2, -0.15) is 0 Å². The highest BCUT2D eigenvalue weighted by atomic mass is 16.5. The Bertz CT molecular complexity index is 570. The van der Waals surface area contributed by atoms with Crippen LogP contribution in [0.25, 0.3) is 0 Å². The minimum atomic E-state index is -0.116. The van der Waals surface area contributed by atoms with E-state index in [2.05, 4.69) is 10.3 Å².